The summed E-state index contributed by atoms with van der Waals surface area (Å²) in [5, 5.41) is 1.95. The molecule has 0 fully saturated rings. The lowest BCUT2D eigenvalue weighted by Crippen LogP contribution is -2.27. The van der Waals surface area contributed by atoms with Crippen LogP contribution in [0.2, 0.25) is 0 Å². The number of sulfonamides is 1. The highest BCUT2D eigenvalue weighted by Gasteiger charge is 2.17. The first-order chi connectivity index (χ1) is 13.5. The summed E-state index contributed by atoms with van der Waals surface area (Å²) in [7, 11) is -3.62. The van der Waals surface area contributed by atoms with E-state index in [1.165, 1.54) is 11.1 Å². The Morgan fingerprint density at radius 1 is 0.893 bits per heavy atom. The van der Waals surface area contributed by atoms with E-state index in [4.69, 9.17) is 0 Å². The molecular weight excluding hydrogens is 368 g/mol. The highest BCUT2D eigenvalue weighted by Crippen LogP contribution is 2.24. The van der Waals surface area contributed by atoms with E-state index in [0.717, 1.165) is 49.7 Å². The Kier molecular flexibility index (Phi) is 5.38. The molecule has 4 rings (SSSR count). The van der Waals surface area contributed by atoms with Crippen molar-refractivity contribution < 1.29 is 8.42 Å². The summed E-state index contributed by atoms with van der Waals surface area (Å²) >= 11 is 0. The van der Waals surface area contributed by atoms with E-state index >= 15 is 0 Å². The van der Waals surface area contributed by atoms with Crippen molar-refractivity contribution in [1.82, 2.24) is 4.90 Å². The van der Waals surface area contributed by atoms with Gasteiger partial charge in [0.05, 0.1) is 4.90 Å². The van der Waals surface area contributed by atoms with Crippen molar-refractivity contribution in [1.29, 1.82) is 0 Å². The van der Waals surface area contributed by atoms with E-state index in [-0.39, 0.29) is 4.90 Å². The number of anilines is 1. The highest BCUT2D eigenvalue weighted by atomic mass is 32.2. The number of fused-ring (bicyclic) bond motifs is 2. The molecule has 28 heavy (non-hydrogen) atoms. The standard InChI is InChI=1S/C23H26N2O2S/c1-2-13-25-14-11-19-7-9-22(16-21(19)12-15-25)24-28(26,27)23-10-8-18-5-3-4-6-20(18)17-23/h3-10,16-17,24H,2,11-15H2,1H3. The van der Waals surface area contributed by atoms with Crippen LogP contribution in [0.4, 0.5) is 5.69 Å². The van der Waals surface area contributed by atoms with Gasteiger partial charge in [-0.3, -0.25) is 4.72 Å². The summed E-state index contributed by atoms with van der Waals surface area (Å²) in [6, 6.07) is 19.0. The van der Waals surface area contributed by atoms with Crippen molar-refractivity contribution in [3.63, 3.8) is 0 Å². The van der Waals surface area contributed by atoms with Gasteiger partial charge in [-0.05, 0) is 72.0 Å². The third-order valence-corrected chi connectivity index (χ3v) is 6.80. The van der Waals surface area contributed by atoms with Crippen molar-refractivity contribution in [3.8, 4) is 0 Å². The first kappa shape index (κ1) is 19.0. The number of rotatable bonds is 5. The second-order valence-electron chi connectivity index (χ2n) is 7.44. The van der Waals surface area contributed by atoms with Gasteiger partial charge in [0, 0.05) is 18.8 Å². The smallest absolute Gasteiger partial charge is 0.261 e. The molecule has 1 heterocycles. The zero-order valence-electron chi connectivity index (χ0n) is 16.2. The van der Waals surface area contributed by atoms with Gasteiger partial charge in [0.2, 0.25) is 0 Å². The predicted octanol–water partition coefficient (Wildman–Crippen LogP) is 4.45. The van der Waals surface area contributed by atoms with E-state index < -0.39 is 10.0 Å². The van der Waals surface area contributed by atoms with E-state index in [1.807, 2.05) is 42.5 Å². The van der Waals surface area contributed by atoms with Gasteiger partial charge in [0.1, 0.15) is 0 Å². The van der Waals surface area contributed by atoms with Crippen molar-refractivity contribution >= 4 is 26.5 Å². The molecule has 1 aliphatic heterocycles. The molecule has 0 aliphatic carbocycles. The van der Waals surface area contributed by atoms with Crippen LogP contribution in [0, 0.1) is 0 Å². The Balaban J connectivity index is 1.56. The van der Waals surface area contributed by atoms with Crippen LogP contribution in [-0.2, 0) is 22.9 Å². The summed E-state index contributed by atoms with van der Waals surface area (Å²) in [6.07, 6.45) is 3.14. The largest absolute Gasteiger partial charge is 0.303 e. The van der Waals surface area contributed by atoms with Crippen LogP contribution >= 0.6 is 0 Å². The average molecular weight is 395 g/mol. The second-order valence-corrected chi connectivity index (χ2v) is 9.12. The fourth-order valence-corrected chi connectivity index (χ4v) is 5.01. The molecule has 0 radical (unpaired) electrons. The highest BCUT2D eigenvalue weighted by molar-refractivity contribution is 7.92. The topological polar surface area (TPSA) is 49.4 Å². The van der Waals surface area contributed by atoms with Crippen LogP contribution in [-0.4, -0.2) is 33.0 Å². The predicted molar refractivity (Wildman–Crippen MR) is 115 cm³/mol. The van der Waals surface area contributed by atoms with Gasteiger partial charge in [0.15, 0.2) is 0 Å². The maximum absolute atomic E-state index is 12.9. The van der Waals surface area contributed by atoms with Gasteiger partial charge in [-0.1, -0.05) is 43.3 Å². The Labute approximate surface area is 167 Å². The van der Waals surface area contributed by atoms with E-state index in [0.29, 0.717) is 5.69 Å². The lowest BCUT2D eigenvalue weighted by atomic mass is 10.0. The number of nitrogens with zero attached hydrogens (tertiary/aromatic N) is 1. The Bertz CT molecular complexity index is 1090. The summed E-state index contributed by atoms with van der Waals surface area (Å²) in [4.78, 5) is 2.77. The van der Waals surface area contributed by atoms with Gasteiger partial charge in [0.25, 0.3) is 10.0 Å². The molecule has 0 unspecified atom stereocenters. The first-order valence-electron chi connectivity index (χ1n) is 9.91. The van der Waals surface area contributed by atoms with Crippen molar-refractivity contribution in [2.75, 3.05) is 24.4 Å². The minimum absolute atomic E-state index is 0.287. The van der Waals surface area contributed by atoms with Crippen LogP contribution < -0.4 is 4.72 Å². The molecule has 3 aromatic carbocycles. The summed E-state index contributed by atoms with van der Waals surface area (Å²) < 4.78 is 28.6. The molecule has 0 bridgehead atoms. The maximum atomic E-state index is 12.9. The first-order valence-corrected chi connectivity index (χ1v) is 11.4. The third kappa shape index (κ3) is 4.05. The van der Waals surface area contributed by atoms with Crippen LogP contribution in [0.25, 0.3) is 10.8 Å². The molecular formula is C23H26N2O2S. The van der Waals surface area contributed by atoms with Crippen LogP contribution in [0.1, 0.15) is 24.5 Å². The quantitative estimate of drug-likeness (QED) is 0.695. The molecule has 0 saturated carbocycles. The molecule has 1 aliphatic rings. The van der Waals surface area contributed by atoms with E-state index in [1.54, 1.807) is 12.1 Å². The number of hydrogen-bond acceptors (Lipinski definition) is 3. The minimum Gasteiger partial charge on any atom is -0.303 e. The Morgan fingerprint density at radius 2 is 1.64 bits per heavy atom. The van der Waals surface area contributed by atoms with Crippen molar-refractivity contribution in [3.05, 3.63) is 71.8 Å². The molecule has 0 aromatic heterocycles. The molecule has 0 amide bonds. The lowest BCUT2D eigenvalue weighted by molar-refractivity contribution is 0.288. The molecule has 4 nitrogen and oxygen atoms in total. The van der Waals surface area contributed by atoms with Gasteiger partial charge in [-0.25, -0.2) is 8.42 Å². The molecule has 5 heteroatoms. The fraction of sp³-hybridized carbons (Fsp3) is 0.304. The third-order valence-electron chi connectivity index (χ3n) is 5.42. The molecule has 0 spiro atoms. The van der Waals surface area contributed by atoms with Crippen molar-refractivity contribution in [2.24, 2.45) is 0 Å². The van der Waals surface area contributed by atoms with Gasteiger partial charge in [-0.2, -0.15) is 0 Å². The number of benzene rings is 3. The maximum Gasteiger partial charge on any atom is 0.261 e. The Hall–Kier alpha value is -2.37. The normalized spacial score (nSPS) is 15.2. The van der Waals surface area contributed by atoms with Crippen LogP contribution in [0.15, 0.2) is 65.6 Å². The zero-order valence-corrected chi connectivity index (χ0v) is 17.0. The van der Waals surface area contributed by atoms with Gasteiger partial charge >= 0.3 is 0 Å². The number of hydrogen-bond donors (Lipinski definition) is 1. The van der Waals surface area contributed by atoms with E-state index in [9.17, 15) is 8.42 Å². The zero-order chi connectivity index (χ0) is 19.6. The summed E-state index contributed by atoms with van der Waals surface area (Å²) in [5.41, 5.74) is 3.21. The van der Waals surface area contributed by atoms with E-state index in [2.05, 4.69) is 22.6 Å². The Morgan fingerprint density at radius 3 is 2.43 bits per heavy atom. The van der Waals surface area contributed by atoms with Gasteiger partial charge in [-0.15, -0.1) is 0 Å². The summed E-state index contributed by atoms with van der Waals surface area (Å²) in [5.74, 6) is 0. The minimum atomic E-state index is -3.62. The summed E-state index contributed by atoms with van der Waals surface area (Å²) in [6.45, 7) is 5.43. The van der Waals surface area contributed by atoms with Crippen molar-refractivity contribution in [2.45, 2.75) is 31.1 Å². The molecule has 0 atom stereocenters. The van der Waals surface area contributed by atoms with Crippen LogP contribution in [0.5, 0.6) is 0 Å². The van der Waals surface area contributed by atoms with Crippen LogP contribution in [0.3, 0.4) is 0 Å². The molecule has 3 aromatic rings. The fourth-order valence-electron chi connectivity index (χ4n) is 3.92. The average Bonchev–Trinajstić information content (AvgIpc) is 2.90. The molecule has 146 valence electrons. The SMILES string of the molecule is CCCN1CCc2ccc(NS(=O)(=O)c3ccc4ccccc4c3)cc2CC1. The molecule has 0 saturated heterocycles. The number of nitrogens with one attached hydrogen (secondary N) is 1. The monoisotopic (exact) mass is 394 g/mol. The second kappa shape index (κ2) is 7.94. The molecule has 1 N–H and O–H groups in total. The lowest BCUT2D eigenvalue weighted by Gasteiger charge is -2.18. The van der Waals surface area contributed by atoms with Gasteiger partial charge < -0.3 is 4.90 Å².